The number of hydrogen-bond donors (Lipinski definition) is 1. The molecule has 0 unspecified atom stereocenters. The molecule has 1 saturated carbocycles. The van der Waals surface area contributed by atoms with Crippen molar-refractivity contribution in [2.45, 2.75) is 31.5 Å². The van der Waals surface area contributed by atoms with Crippen molar-refractivity contribution in [2.24, 2.45) is 0 Å². The van der Waals surface area contributed by atoms with E-state index in [1.807, 2.05) is 0 Å². The van der Waals surface area contributed by atoms with Crippen molar-refractivity contribution in [3.05, 3.63) is 34.3 Å². The summed E-state index contributed by atoms with van der Waals surface area (Å²) in [6.45, 7) is 0.672. The third-order valence-electron chi connectivity index (χ3n) is 2.79. The van der Waals surface area contributed by atoms with Crippen LogP contribution in [-0.4, -0.2) is 12.6 Å². The van der Waals surface area contributed by atoms with Gasteiger partial charge in [-0.25, -0.2) is 0 Å². The first-order chi connectivity index (χ1) is 7.98. The van der Waals surface area contributed by atoms with Gasteiger partial charge in [-0.3, -0.25) is 0 Å². The van der Waals surface area contributed by atoms with Gasteiger partial charge in [-0.1, -0.05) is 23.7 Å². The molecule has 1 aliphatic carbocycles. The molecule has 2 rings (SSSR count). The molecule has 0 saturated heterocycles. The van der Waals surface area contributed by atoms with Crippen LogP contribution in [0.1, 0.15) is 24.0 Å². The molecule has 0 spiro atoms. The zero-order valence-electron chi connectivity index (χ0n) is 9.15. The Morgan fingerprint density at radius 3 is 2.59 bits per heavy atom. The fourth-order valence-corrected chi connectivity index (χ4v) is 2.02. The molecule has 17 heavy (non-hydrogen) atoms. The lowest BCUT2D eigenvalue weighted by molar-refractivity contribution is -0.137. The van der Waals surface area contributed by atoms with Gasteiger partial charge in [0.05, 0.1) is 10.6 Å². The lowest BCUT2D eigenvalue weighted by Gasteiger charge is -2.12. The molecule has 0 aromatic heterocycles. The summed E-state index contributed by atoms with van der Waals surface area (Å²) in [5.41, 5.74) is -0.197. The topological polar surface area (TPSA) is 12.0 Å². The first kappa shape index (κ1) is 12.7. The molecular formula is C12H13ClF3N. The van der Waals surface area contributed by atoms with E-state index in [-0.39, 0.29) is 5.02 Å². The maximum Gasteiger partial charge on any atom is 0.417 e. The highest BCUT2D eigenvalue weighted by Crippen LogP contribution is 2.36. The van der Waals surface area contributed by atoms with Crippen LogP contribution in [-0.2, 0) is 12.6 Å². The van der Waals surface area contributed by atoms with E-state index in [0.29, 0.717) is 24.6 Å². The Balaban J connectivity index is 2.05. The summed E-state index contributed by atoms with van der Waals surface area (Å²) in [6.07, 6.45) is -1.52. The molecule has 1 aliphatic rings. The number of halogens is 4. The summed E-state index contributed by atoms with van der Waals surface area (Å²) in [5.74, 6) is 0. The number of nitrogens with one attached hydrogen (secondary N) is 1. The van der Waals surface area contributed by atoms with E-state index >= 15 is 0 Å². The monoisotopic (exact) mass is 263 g/mol. The number of benzene rings is 1. The van der Waals surface area contributed by atoms with Gasteiger partial charge in [0.25, 0.3) is 0 Å². The quantitative estimate of drug-likeness (QED) is 0.874. The second-order valence-electron chi connectivity index (χ2n) is 4.25. The number of rotatable bonds is 4. The zero-order chi connectivity index (χ0) is 12.5. The van der Waals surface area contributed by atoms with E-state index in [4.69, 9.17) is 11.6 Å². The second-order valence-corrected chi connectivity index (χ2v) is 4.63. The summed E-state index contributed by atoms with van der Waals surface area (Å²) < 4.78 is 37.8. The van der Waals surface area contributed by atoms with Gasteiger partial charge in [-0.2, -0.15) is 13.2 Å². The van der Waals surface area contributed by atoms with Gasteiger partial charge in [0.2, 0.25) is 0 Å². The fourth-order valence-electron chi connectivity index (χ4n) is 1.69. The van der Waals surface area contributed by atoms with E-state index in [1.54, 1.807) is 6.07 Å². The molecule has 1 N–H and O–H groups in total. The van der Waals surface area contributed by atoms with Gasteiger partial charge in [0, 0.05) is 6.04 Å². The Kier molecular flexibility index (Phi) is 3.64. The maximum absolute atomic E-state index is 12.6. The third kappa shape index (κ3) is 3.36. The van der Waals surface area contributed by atoms with E-state index in [9.17, 15) is 13.2 Å². The maximum atomic E-state index is 12.6. The standard InChI is InChI=1S/C12H13ClF3N/c13-11-8(6-7-17-9-4-5-9)2-1-3-10(11)12(14,15)16/h1-3,9,17H,4-7H2. The summed E-state index contributed by atoms with van der Waals surface area (Å²) in [7, 11) is 0. The second kappa shape index (κ2) is 4.86. The summed E-state index contributed by atoms with van der Waals surface area (Å²) in [6, 6.07) is 4.62. The van der Waals surface area contributed by atoms with Crippen LogP contribution >= 0.6 is 11.6 Å². The van der Waals surface area contributed by atoms with Crippen LogP contribution in [0.2, 0.25) is 5.02 Å². The largest absolute Gasteiger partial charge is 0.417 e. The molecule has 1 nitrogen and oxygen atoms in total. The fraction of sp³-hybridized carbons (Fsp3) is 0.500. The van der Waals surface area contributed by atoms with Crippen molar-refractivity contribution in [1.82, 2.24) is 5.32 Å². The number of hydrogen-bond acceptors (Lipinski definition) is 1. The Bertz CT molecular complexity index is 399. The molecule has 1 fully saturated rings. The van der Waals surface area contributed by atoms with E-state index in [0.717, 1.165) is 18.9 Å². The van der Waals surface area contributed by atoms with Gasteiger partial charge in [0.15, 0.2) is 0 Å². The Morgan fingerprint density at radius 2 is 2.00 bits per heavy atom. The molecule has 0 radical (unpaired) electrons. The van der Waals surface area contributed by atoms with Crippen LogP contribution < -0.4 is 5.32 Å². The minimum absolute atomic E-state index is 0.169. The van der Waals surface area contributed by atoms with Gasteiger partial charge in [0.1, 0.15) is 0 Å². The van der Waals surface area contributed by atoms with E-state index in [1.165, 1.54) is 6.07 Å². The number of alkyl halides is 3. The highest BCUT2D eigenvalue weighted by Gasteiger charge is 2.33. The third-order valence-corrected chi connectivity index (χ3v) is 3.24. The van der Waals surface area contributed by atoms with Crippen LogP contribution in [0, 0.1) is 0 Å². The van der Waals surface area contributed by atoms with Crippen LogP contribution in [0.4, 0.5) is 13.2 Å². The summed E-state index contributed by atoms with van der Waals surface area (Å²) in [4.78, 5) is 0. The molecule has 0 bridgehead atoms. The first-order valence-corrected chi connectivity index (χ1v) is 5.94. The van der Waals surface area contributed by atoms with Gasteiger partial charge in [-0.05, 0) is 37.4 Å². The lowest BCUT2D eigenvalue weighted by atomic mass is 10.1. The highest BCUT2D eigenvalue weighted by molar-refractivity contribution is 6.32. The van der Waals surface area contributed by atoms with Crippen molar-refractivity contribution in [1.29, 1.82) is 0 Å². The minimum atomic E-state index is -4.38. The molecular weight excluding hydrogens is 251 g/mol. The van der Waals surface area contributed by atoms with Crippen molar-refractivity contribution in [2.75, 3.05) is 6.54 Å². The van der Waals surface area contributed by atoms with Gasteiger partial charge in [-0.15, -0.1) is 0 Å². The molecule has 1 aromatic rings. The van der Waals surface area contributed by atoms with Crippen LogP contribution in [0.15, 0.2) is 18.2 Å². The van der Waals surface area contributed by atoms with Crippen LogP contribution in [0.25, 0.3) is 0 Å². The summed E-state index contributed by atoms with van der Waals surface area (Å²) in [5, 5.41) is 3.08. The smallest absolute Gasteiger partial charge is 0.314 e. The molecule has 0 heterocycles. The zero-order valence-corrected chi connectivity index (χ0v) is 9.91. The van der Waals surface area contributed by atoms with Crippen molar-refractivity contribution in [3.8, 4) is 0 Å². The Morgan fingerprint density at radius 1 is 1.29 bits per heavy atom. The Hall–Kier alpha value is -0.740. The normalized spacial score (nSPS) is 16.2. The molecule has 94 valence electrons. The van der Waals surface area contributed by atoms with Gasteiger partial charge >= 0.3 is 6.18 Å². The first-order valence-electron chi connectivity index (χ1n) is 5.56. The minimum Gasteiger partial charge on any atom is -0.314 e. The molecule has 5 heteroatoms. The van der Waals surface area contributed by atoms with Crippen molar-refractivity contribution in [3.63, 3.8) is 0 Å². The predicted molar refractivity (Wildman–Crippen MR) is 61.2 cm³/mol. The van der Waals surface area contributed by atoms with E-state index < -0.39 is 11.7 Å². The van der Waals surface area contributed by atoms with Crippen LogP contribution in [0.5, 0.6) is 0 Å². The van der Waals surface area contributed by atoms with E-state index in [2.05, 4.69) is 5.32 Å². The predicted octanol–water partition coefficient (Wildman–Crippen LogP) is 3.65. The average molecular weight is 264 g/mol. The van der Waals surface area contributed by atoms with Crippen LogP contribution in [0.3, 0.4) is 0 Å². The average Bonchev–Trinajstić information content (AvgIpc) is 3.02. The van der Waals surface area contributed by atoms with Gasteiger partial charge < -0.3 is 5.32 Å². The van der Waals surface area contributed by atoms with Crippen molar-refractivity contribution < 1.29 is 13.2 Å². The lowest BCUT2D eigenvalue weighted by Crippen LogP contribution is -2.19. The molecule has 0 aliphatic heterocycles. The molecule has 0 atom stereocenters. The molecule has 0 amide bonds. The SMILES string of the molecule is FC(F)(F)c1cccc(CCNC2CC2)c1Cl. The summed E-state index contributed by atoms with van der Waals surface area (Å²) >= 11 is 5.78. The Labute approximate surface area is 103 Å². The van der Waals surface area contributed by atoms with Crippen molar-refractivity contribution >= 4 is 11.6 Å². The molecule has 1 aromatic carbocycles. The highest BCUT2D eigenvalue weighted by atomic mass is 35.5.